The molecule has 0 bridgehead atoms. The highest BCUT2D eigenvalue weighted by Gasteiger charge is 2.21. The van der Waals surface area contributed by atoms with Crippen molar-refractivity contribution < 1.29 is 0 Å². The monoisotopic (exact) mass is 443 g/mol. The van der Waals surface area contributed by atoms with Gasteiger partial charge in [0.15, 0.2) is 5.65 Å². The van der Waals surface area contributed by atoms with Gasteiger partial charge in [0.2, 0.25) is 0 Å². The highest BCUT2D eigenvalue weighted by molar-refractivity contribution is 6.38. The molecular weight excluding hydrogens is 421 g/mol. The van der Waals surface area contributed by atoms with Crippen LogP contribution in [0.5, 0.6) is 0 Å². The molecule has 0 unspecified atom stereocenters. The summed E-state index contributed by atoms with van der Waals surface area (Å²) in [5.41, 5.74) is 13.6. The van der Waals surface area contributed by atoms with E-state index in [1.165, 1.54) is 0 Å². The van der Waals surface area contributed by atoms with Crippen LogP contribution in [0.3, 0.4) is 0 Å². The van der Waals surface area contributed by atoms with E-state index in [9.17, 15) is 5.26 Å². The zero-order valence-electron chi connectivity index (χ0n) is 19.2. The Morgan fingerprint density at radius 3 is 2.38 bits per heavy atom. The van der Waals surface area contributed by atoms with Crippen molar-refractivity contribution in [1.29, 1.82) is 5.26 Å². The molecule has 0 amide bonds. The van der Waals surface area contributed by atoms with E-state index >= 15 is 0 Å². The first-order valence-electron chi connectivity index (χ1n) is 10.9. The van der Waals surface area contributed by atoms with Crippen LogP contribution in [-0.4, -0.2) is 32.4 Å². The molecule has 0 radical (unpaired) electrons. The van der Waals surface area contributed by atoms with Gasteiger partial charge < -0.3 is 5.73 Å². The van der Waals surface area contributed by atoms with Crippen molar-refractivity contribution in [2.45, 2.75) is 19.3 Å². The minimum atomic E-state index is -0.558. The Morgan fingerprint density at radius 1 is 0.971 bits per heavy atom. The fourth-order valence-corrected chi connectivity index (χ4v) is 3.93. The average Bonchev–Trinajstić information content (AvgIpc) is 3.31. The molecular formula is C26H22BN7. The van der Waals surface area contributed by atoms with Gasteiger partial charge in [0.05, 0.1) is 29.1 Å². The van der Waals surface area contributed by atoms with Crippen LogP contribution in [0.25, 0.3) is 39.3 Å². The lowest BCUT2D eigenvalue weighted by molar-refractivity contribution is 0.687. The number of anilines is 1. The Balaban J connectivity index is 1.58. The van der Waals surface area contributed by atoms with Gasteiger partial charge in [-0.3, -0.25) is 9.97 Å². The topological polar surface area (TPSA) is 106 Å². The van der Waals surface area contributed by atoms with E-state index in [1.807, 2.05) is 76.4 Å². The molecule has 4 heterocycles. The second-order valence-electron chi connectivity index (χ2n) is 8.75. The number of aromatic nitrogens is 5. The van der Waals surface area contributed by atoms with E-state index in [4.69, 9.17) is 10.7 Å². The summed E-state index contributed by atoms with van der Waals surface area (Å²) in [5.74, 6) is 0.535. The fourth-order valence-electron chi connectivity index (χ4n) is 3.93. The molecule has 0 fully saturated rings. The maximum atomic E-state index is 9.43. The first-order valence-corrected chi connectivity index (χ1v) is 10.9. The number of nitrogens with two attached hydrogens (primary N) is 1. The van der Waals surface area contributed by atoms with Crippen LogP contribution in [0.15, 0.2) is 73.3 Å². The molecule has 1 aromatic carbocycles. The molecule has 8 heteroatoms. The number of nitrogens with zero attached hydrogens (tertiary/aromatic N) is 6. The predicted octanol–water partition coefficient (Wildman–Crippen LogP) is 3.16. The van der Waals surface area contributed by atoms with Gasteiger partial charge in [0.25, 0.3) is 0 Å². The number of hydrogen-bond acceptors (Lipinski definition) is 6. The van der Waals surface area contributed by atoms with Crippen LogP contribution in [0.4, 0.5) is 5.82 Å². The first kappa shape index (κ1) is 21.3. The Kier molecular flexibility index (Phi) is 5.10. The lowest BCUT2D eigenvalue weighted by Crippen LogP contribution is -2.20. The Morgan fingerprint density at radius 2 is 1.74 bits per heavy atom. The molecule has 7 nitrogen and oxygen atoms in total. The molecule has 0 saturated heterocycles. The molecule has 0 aliphatic carbocycles. The highest BCUT2D eigenvalue weighted by Crippen LogP contribution is 2.29. The van der Waals surface area contributed by atoms with E-state index in [2.05, 4.69) is 21.1 Å². The van der Waals surface area contributed by atoms with Crippen molar-refractivity contribution in [2.24, 2.45) is 0 Å². The molecule has 0 aliphatic heterocycles. The Hall–Kier alpha value is -4.51. The Labute approximate surface area is 198 Å². The van der Waals surface area contributed by atoms with Crippen molar-refractivity contribution in [3.05, 3.63) is 78.9 Å². The van der Waals surface area contributed by atoms with Crippen LogP contribution in [-0.2, 0) is 5.41 Å². The van der Waals surface area contributed by atoms with Crippen LogP contribution in [0.2, 0.25) is 0 Å². The number of fused-ring (bicyclic) bond motifs is 1. The van der Waals surface area contributed by atoms with Gasteiger partial charge in [-0.2, -0.15) is 14.9 Å². The van der Waals surface area contributed by atoms with Crippen LogP contribution in [0.1, 0.15) is 19.4 Å². The first-order chi connectivity index (χ1) is 16.4. The standard InChI is InChI=1S/C26H22BN7/c1-26(2,15-28)19-8-5-16(6-9-19)23-22(27)24(29)34-25(33-23)20(14-32-34)17-7-10-21(31-13-17)18-4-3-11-30-12-18/h3-14H,27,29H2,1-2H3. The quantitative estimate of drug-likeness (QED) is 0.428. The van der Waals surface area contributed by atoms with Gasteiger partial charge in [-0.05, 0) is 48.6 Å². The van der Waals surface area contributed by atoms with Crippen LogP contribution in [0, 0.1) is 11.3 Å². The van der Waals surface area contributed by atoms with Gasteiger partial charge in [-0.15, -0.1) is 0 Å². The zero-order valence-corrected chi connectivity index (χ0v) is 19.2. The number of pyridine rings is 2. The lowest BCUT2D eigenvalue weighted by atomic mass is 9.85. The molecule has 5 rings (SSSR count). The maximum Gasteiger partial charge on any atom is 0.165 e. The molecule has 2 N–H and O–H groups in total. The number of nitriles is 1. The third-order valence-corrected chi connectivity index (χ3v) is 6.12. The maximum absolute atomic E-state index is 9.43. The number of rotatable bonds is 4. The van der Waals surface area contributed by atoms with E-state index in [1.54, 1.807) is 23.1 Å². The van der Waals surface area contributed by atoms with Crippen LogP contribution < -0.4 is 11.2 Å². The molecule has 34 heavy (non-hydrogen) atoms. The van der Waals surface area contributed by atoms with E-state index in [0.717, 1.165) is 44.7 Å². The number of nitrogen functional groups attached to an aromatic ring is 1. The van der Waals surface area contributed by atoms with Crippen molar-refractivity contribution in [3.63, 3.8) is 0 Å². The van der Waals surface area contributed by atoms with Crippen molar-refractivity contribution in [2.75, 3.05) is 5.73 Å². The van der Waals surface area contributed by atoms with Crippen molar-refractivity contribution in [1.82, 2.24) is 24.6 Å². The highest BCUT2D eigenvalue weighted by atomic mass is 15.3. The second kappa shape index (κ2) is 8.12. The second-order valence-corrected chi connectivity index (χ2v) is 8.75. The summed E-state index contributed by atoms with van der Waals surface area (Å²) >= 11 is 0. The molecule has 5 aromatic rings. The summed E-state index contributed by atoms with van der Waals surface area (Å²) in [7, 11) is 1.94. The molecule has 0 atom stereocenters. The number of benzene rings is 1. The largest absolute Gasteiger partial charge is 0.384 e. The minimum Gasteiger partial charge on any atom is -0.384 e. The van der Waals surface area contributed by atoms with Gasteiger partial charge in [0, 0.05) is 35.3 Å². The SMILES string of the molecule is Bc1c(-c2ccc(C(C)(C)C#N)cc2)nc2c(-c3ccc(-c4cccnc4)nc3)cnn2c1N. The smallest absolute Gasteiger partial charge is 0.165 e. The molecule has 0 aliphatic rings. The molecule has 164 valence electrons. The van der Waals surface area contributed by atoms with E-state index < -0.39 is 5.41 Å². The molecule has 0 saturated carbocycles. The molecule has 0 spiro atoms. The third kappa shape index (κ3) is 3.57. The van der Waals surface area contributed by atoms with Gasteiger partial charge >= 0.3 is 0 Å². The van der Waals surface area contributed by atoms with Crippen molar-refractivity contribution in [3.8, 4) is 39.7 Å². The normalized spacial score (nSPS) is 11.4. The summed E-state index contributed by atoms with van der Waals surface area (Å²) in [6, 6.07) is 18.1. The predicted molar refractivity (Wildman–Crippen MR) is 136 cm³/mol. The summed E-state index contributed by atoms with van der Waals surface area (Å²) in [5, 5.41) is 13.9. The van der Waals surface area contributed by atoms with Gasteiger partial charge in [-0.1, -0.05) is 30.3 Å². The zero-order chi connectivity index (χ0) is 23.9. The minimum absolute atomic E-state index is 0.535. The van der Waals surface area contributed by atoms with Crippen molar-refractivity contribution >= 4 is 24.8 Å². The summed E-state index contributed by atoms with van der Waals surface area (Å²) in [6.07, 6.45) is 7.11. The Bertz CT molecular complexity index is 1530. The van der Waals surface area contributed by atoms with Gasteiger partial charge in [-0.25, -0.2) is 4.98 Å². The summed E-state index contributed by atoms with van der Waals surface area (Å²) in [6.45, 7) is 3.81. The molecule has 4 aromatic heterocycles. The fraction of sp³-hybridized carbons (Fsp3) is 0.115. The van der Waals surface area contributed by atoms with E-state index in [0.29, 0.717) is 11.5 Å². The number of hydrogen-bond donors (Lipinski definition) is 1. The lowest BCUT2D eigenvalue weighted by Gasteiger charge is -2.16. The van der Waals surface area contributed by atoms with Crippen LogP contribution >= 0.6 is 0 Å². The summed E-state index contributed by atoms with van der Waals surface area (Å²) in [4.78, 5) is 13.7. The van der Waals surface area contributed by atoms with E-state index in [-0.39, 0.29) is 0 Å². The van der Waals surface area contributed by atoms with Gasteiger partial charge in [0.1, 0.15) is 13.7 Å². The average molecular weight is 443 g/mol. The summed E-state index contributed by atoms with van der Waals surface area (Å²) < 4.78 is 1.66. The third-order valence-electron chi connectivity index (χ3n) is 6.12.